The van der Waals surface area contributed by atoms with E-state index in [1.807, 2.05) is 27.8 Å². The van der Waals surface area contributed by atoms with Crippen LogP contribution in [0.4, 0.5) is 0 Å². The summed E-state index contributed by atoms with van der Waals surface area (Å²) in [7, 11) is 2.05. The number of hydrogen-bond donors (Lipinski definition) is 0. The maximum Gasteiger partial charge on any atom is 0.307 e. The molecule has 1 fully saturated rings. The lowest BCUT2D eigenvalue weighted by Gasteiger charge is -2.27. The number of nitrogens with zero attached hydrogens (tertiary/aromatic N) is 1. The van der Waals surface area contributed by atoms with Crippen molar-refractivity contribution in [1.29, 1.82) is 0 Å². The van der Waals surface area contributed by atoms with Crippen LogP contribution >= 0.6 is 0 Å². The maximum absolute atomic E-state index is 11.8. The smallest absolute Gasteiger partial charge is 0.307 e. The summed E-state index contributed by atoms with van der Waals surface area (Å²) in [5.41, 5.74) is 0.594. The molecular formula is C13H23NO2. The lowest BCUT2D eigenvalue weighted by Crippen LogP contribution is -2.30. The van der Waals surface area contributed by atoms with E-state index in [2.05, 4.69) is 18.4 Å². The van der Waals surface area contributed by atoms with Crippen LogP contribution in [0, 0.1) is 5.41 Å². The Labute approximate surface area is 98.5 Å². The van der Waals surface area contributed by atoms with Crippen molar-refractivity contribution in [2.45, 2.75) is 39.7 Å². The highest BCUT2D eigenvalue weighted by Crippen LogP contribution is 2.37. The lowest BCUT2D eigenvalue weighted by atomic mass is 9.82. The summed E-state index contributed by atoms with van der Waals surface area (Å²) in [6.07, 6.45) is 0.424. The van der Waals surface area contributed by atoms with E-state index in [9.17, 15) is 4.79 Å². The molecule has 0 aromatic heterocycles. The number of hydrogen-bond acceptors (Lipinski definition) is 3. The van der Waals surface area contributed by atoms with E-state index in [-0.39, 0.29) is 11.4 Å². The Bertz CT molecular complexity index is 304. The third kappa shape index (κ3) is 3.34. The normalized spacial score (nSPS) is 27.2. The molecule has 92 valence electrons. The zero-order valence-corrected chi connectivity index (χ0v) is 11.1. The molecule has 0 aromatic rings. The van der Waals surface area contributed by atoms with E-state index in [1.165, 1.54) is 0 Å². The number of ether oxygens (including phenoxy) is 1. The number of carbonyl (C=O) groups is 1. The molecule has 1 aliphatic rings. The van der Waals surface area contributed by atoms with Gasteiger partial charge in [0.1, 0.15) is 5.60 Å². The number of likely N-dealkylation sites (tertiary alicyclic amines) is 1. The molecule has 1 saturated heterocycles. The fourth-order valence-electron chi connectivity index (χ4n) is 2.16. The summed E-state index contributed by atoms with van der Waals surface area (Å²) < 4.78 is 5.35. The number of carbonyl (C=O) groups excluding carboxylic acids is 1. The number of rotatable bonds is 2. The molecule has 1 atom stereocenters. The average Bonchev–Trinajstić information content (AvgIpc) is 2.19. The minimum atomic E-state index is -0.403. The SMILES string of the molecule is C=C1CN(C)C[C@@]1(C)CC(=O)OC(C)(C)C. The van der Waals surface area contributed by atoms with Crippen LogP contribution in [-0.4, -0.2) is 36.6 Å². The quantitative estimate of drug-likeness (QED) is 0.533. The van der Waals surface area contributed by atoms with Crippen LogP contribution in [0.15, 0.2) is 12.2 Å². The average molecular weight is 225 g/mol. The molecule has 0 unspecified atom stereocenters. The van der Waals surface area contributed by atoms with Gasteiger partial charge in [-0.15, -0.1) is 0 Å². The molecule has 0 bridgehead atoms. The molecule has 3 nitrogen and oxygen atoms in total. The van der Waals surface area contributed by atoms with Gasteiger partial charge in [0.2, 0.25) is 0 Å². The fourth-order valence-corrected chi connectivity index (χ4v) is 2.16. The topological polar surface area (TPSA) is 29.5 Å². The first-order chi connectivity index (χ1) is 7.12. The molecular weight excluding hydrogens is 202 g/mol. The third-order valence-electron chi connectivity index (χ3n) is 2.89. The second-order valence-electron chi connectivity index (χ2n) is 6.10. The summed E-state index contributed by atoms with van der Waals surface area (Å²) in [4.78, 5) is 14.0. The van der Waals surface area contributed by atoms with Gasteiger partial charge in [-0.3, -0.25) is 4.79 Å². The fraction of sp³-hybridized carbons (Fsp3) is 0.769. The Morgan fingerprint density at radius 1 is 1.56 bits per heavy atom. The highest BCUT2D eigenvalue weighted by atomic mass is 16.6. The van der Waals surface area contributed by atoms with Gasteiger partial charge in [-0.25, -0.2) is 0 Å². The van der Waals surface area contributed by atoms with Crippen molar-refractivity contribution in [2.75, 3.05) is 20.1 Å². The van der Waals surface area contributed by atoms with Crippen molar-refractivity contribution in [3.8, 4) is 0 Å². The highest BCUT2D eigenvalue weighted by Gasteiger charge is 2.38. The zero-order chi connectivity index (χ0) is 12.6. The number of esters is 1. The minimum Gasteiger partial charge on any atom is -0.460 e. The van der Waals surface area contributed by atoms with Gasteiger partial charge < -0.3 is 9.64 Å². The van der Waals surface area contributed by atoms with Crippen LogP contribution in [0.5, 0.6) is 0 Å². The molecule has 0 aliphatic carbocycles. The summed E-state index contributed by atoms with van der Waals surface area (Å²) in [5, 5.41) is 0. The summed E-state index contributed by atoms with van der Waals surface area (Å²) >= 11 is 0. The van der Waals surface area contributed by atoms with Crippen LogP contribution < -0.4 is 0 Å². The minimum absolute atomic E-state index is 0.128. The van der Waals surface area contributed by atoms with Gasteiger partial charge in [-0.05, 0) is 27.8 Å². The van der Waals surface area contributed by atoms with Gasteiger partial charge in [-0.2, -0.15) is 0 Å². The van der Waals surface area contributed by atoms with Crippen molar-refractivity contribution in [2.24, 2.45) is 5.41 Å². The molecule has 0 aromatic carbocycles. The Morgan fingerprint density at radius 2 is 2.12 bits per heavy atom. The predicted molar refractivity (Wildman–Crippen MR) is 65.2 cm³/mol. The largest absolute Gasteiger partial charge is 0.460 e. The Hall–Kier alpha value is -0.830. The van der Waals surface area contributed by atoms with Gasteiger partial charge in [0.05, 0.1) is 6.42 Å². The monoisotopic (exact) mass is 225 g/mol. The molecule has 0 spiro atoms. The first-order valence-electron chi connectivity index (χ1n) is 5.71. The van der Waals surface area contributed by atoms with Crippen molar-refractivity contribution >= 4 is 5.97 Å². The van der Waals surface area contributed by atoms with Gasteiger partial charge >= 0.3 is 5.97 Å². The van der Waals surface area contributed by atoms with Gasteiger partial charge in [0.15, 0.2) is 0 Å². The predicted octanol–water partition coefficient (Wildman–Crippen LogP) is 2.23. The van der Waals surface area contributed by atoms with E-state index < -0.39 is 5.60 Å². The van der Waals surface area contributed by atoms with Gasteiger partial charge in [0.25, 0.3) is 0 Å². The third-order valence-corrected chi connectivity index (χ3v) is 2.89. The summed E-state index contributed by atoms with van der Waals surface area (Å²) in [6, 6.07) is 0. The Kier molecular flexibility index (Phi) is 3.48. The summed E-state index contributed by atoms with van der Waals surface area (Å²) in [6.45, 7) is 13.6. The van der Waals surface area contributed by atoms with Crippen LogP contribution in [0.1, 0.15) is 34.1 Å². The molecule has 0 saturated carbocycles. The standard InChI is InChI=1S/C13H23NO2/c1-10-8-14(6)9-13(10,5)7-11(15)16-12(2,3)4/h1,7-9H2,2-6H3/t13-/m1/s1. The molecule has 16 heavy (non-hydrogen) atoms. The molecule has 1 aliphatic heterocycles. The Morgan fingerprint density at radius 3 is 2.50 bits per heavy atom. The van der Waals surface area contributed by atoms with E-state index in [1.54, 1.807) is 0 Å². The van der Waals surface area contributed by atoms with Crippen molar-refractivity contribution in [1.82, 2.24) is 4.90 Å². The van der Waals surface area contributed by atoms with Crippen LogP contribution in [0.2, 0.25) is 0 Å². The van der Waals surface area contributed by atoms with E-state index in [0.29, 0.717) is 6.42 Å². The van der Waals surface area contributed by atoms with E-state index in [0.717, 1.165) is 18.7 Å². The molecule has 0 N–H and O–H groups in total. The lowest BCUT2D eigenvalue weighted by molar-refractivity contribution is -0.156. The molecule has 3 heteroatoms. The second kappa shape index (κ2) is 4.21. The molecule has 0 radical (unpaired) electrons. The summed E-state index contributed by atoms with van der Waals surface area (Å²) in [5.74, 6) is -0.133. The van der Waals surface area contributed by atoms with Crippen LogP contribution in [-0.2, 0) is 9.53 Å². The maximum atomic E-state index is 11.8. The first kappa shape index (κ1) is 13.2. The van der Waals surface area contributed by atoms with Crippen molar-refractivity contribution in [3.63, 3.8) is 0 Å². The Balaban J connectivity index is 2.60. The number of likely N-dealkylation sites (N-methyl/N-ethyl adjacent to an activating group) is 1. The van der Waals surface area contributed by atoms with Gasteiger partial charge in [-0.1, -0.05) is 19.1 Å². The van der Waals surface area contributed by atoms with Crippen LogP contribution in [0.25, 0.3) is 0 Å². The highest BCUT2D eigenvalue weighted by molar-refractivity contribution is 5.71. The van der Waals surface area contributed by atoms with E-state index >= 15 is 0 Å². The molecule has 1 heterocycles. The first-order valence-corrected chi connectivity index (χ1v) is 5.71. The van der Waals surface area contributed by atoms with Crippen molar-refractivity contribution < 1.29 is 9.53 Å². The molecule has 1 rings (SSSR count). The second-order valence-corrected chi connectivity index (χ2v) is 6.10. The van der Waals surface area contributed by atoms with Crippen LogP contribution in [0.3, 0.4) is 0 Å². The van der Waals surface area contributed by atoms with Crippen molar-refractivity contribution in [3.05, 3.63) is 12.2 Å². The van der Waals surface area contributed by atoms with E-state index in [4.69, 9.17) is 4.74 Å². The van der Waals surface area contributed by atoms with Gasteiger partial charge in [0, 0.05) is 18.5 Å². The zero-order valence-electron chi connectivity index (χ0n) is 11.1. The molecule has 0 amide bonds.